The fraction of sp³-hybridized carbons (Fsp3) is 0.400. The van der Waals surface area contributed by atoms with Crippen LogP contribution in [0.2, 0.25) is 0 Å². The highest BCUT2D eigenvalue weighted by Gasteiger charge is 2.12. The zero-order valence-corrected chi connectivity index (χ0v) is 8.32. The number of carboxylic acids is 2. The Hall–Kier alpha value is -1.78. The van der Waals surface area contributed by atoms with Crippen LogP contribution in [0.3, 0.4) is 0 Å². The Balaban J connectivity index is 2.61. The van der Waals surface area contributed by atoms with E-state index >= 15 is 0 Å². The summed E-state index contributed by atoms with van der Waals surface area (Å²) in [6.45, 7) is 1.74. The lowest BCUT2D eigenvalue weighted by Gasteiger charge is -1.96. The molecule has 0 saturated carbocycles. The molecule has 0 aliphatic rings. The third-order valence-electron chi connectivity index (χ3n) is 2.03. The van der Waals surface area contributed by atoms with E-state index in [0.29, 0.717) is 18.6 Å². The molecule has 0 fully saturated rings. The summed E-state index contributed by atoms with van der Waals surface area (Å²) in [5, 5.41) is 17.1. The third-order valence-corrected chi connectivity index (χ3v) is 2.03. The van der Waals surface area contributed by atoms with Crippen LogP contribution >= 0.6 is 0 Å². The van der Waals surface area contributed by atoms with Gasteiger partial charge in [-0.15, -0.1) is 0 Å². The number of hydrogen-bond donors (Lipinski definition) is 2. The summed E-state index contributed by atoms with van der Waals surface area (Å²) >= 11 is 0. The van der Waals surface area contributed by atoms with Gasteiger partial charge in [0.1, 0.15) is 5.76 Å². The maximum Gasteiger partial charge on any atom is 0.371 e. The van der Waals surface area contributed by atoms with Gasteiger partial charge in [0.15, 0.2) is 0 Å². The van der Waals surface area contributed by atoms with Crippen molar-refractivity contribution in [3.05, 3.63) is 23.2 Å². The van der Waals surface area contributed by atoms with Gasteiger partial charge in [-0.1, -0.05) is 0 Å². The molecule has 1 heterocycles. The van der Waals surface area contributed by atoms with Crippen LogP contribution in [0.4, 0.5) is 0 Å². The number of hydrogen-bond acceptors (Lipinski definition) is 3. The van der Waals surface area contributed by atoms with E-state index in [0.717, 1.165) is 5.56 Å². The molecule has 5 nitrogen and oxygen atoms in total. The highest BCUT2D eigenvalue weighted by atomic mass is 16.4. The molecule has 0 amide bonds. The molecule has 0 saturated heterocycles. The molecule has 2 N–H and O–H groups in total. The summed E-state index contributed by atoms with van der Waals surface area (Å²) in [5.41, 5.74) is 0.748. The van der Waals surface area contributed by atoms with Gasteiger partial charge in [0, 0.05) is 12.8 Å². The van der Waals surface area contributed by atoms with Crippen molar-refractivity contribution in [1.29, 1.82) is 0 Å². The minimum Gasteiger partial charge on any atom is -0.481 e. The van der Waals surface area contributed by atoms with E-state index in [1.54, 1.807) is 6.92 Å². The van der Waals surface area contributed by atoms with Crippen molar-refractivity contribution in [2.45, 2.75) is 26.2 Å². The van der Waals surface area contributed by atoms with E-state index in [2.05, 4.69) is 0 Å². The number of rotatable bonds is 5. The van der Waals surface area contributed by atoms with Gasteiger partial charge >= 0.3 is 11.9 Å². The van der Waals surface area contributed by atoms with E-state index in [1.807, 2.05) is 0 Å². The normalized spacial score (nSPS) is 10.2. The average molecular weight is 212 g/mol. The van der Waals surface area contributed by atoms with E-state index in [9.17, 15) is 9.59 Å². The largest absolute Gasteiger partial charge is 0.481 e. The Bertz CT molecular complexity index is 377. The van der Waals surface area contributed by atoms with Gasteiger partial charge in [-0.05, 0) is 25.0 Å². The van der Waals surface area contributed by atoms with Gasteiger partial charge in [-0.25, -0.2) is 4.79 Å². The van der Waals surface area contributed by atoms with Crippen molar-refractivity contribution in [3.63, 3.8) is 0 Å². The summed E-state index contributed by atoms with van der Waals surface area (Å²) in [5.74, 6) is -1.52. The zero-order valence-electron chi connectivity index (χ0n) is 8.32. The predicted molar refractivity (Wildman–Crippen MR) is 51.0 cm³/mol. The lowest BCUT2D eigenvalue weighted by molar-refractivity contribution is -0.137. The molecule has 0 aliphatic heterocycles. The Morgan fingerprint density at radius 3 is 2.53 bits per heavy atom. The van der Waals surface area contributed by atoms with E-state index in [4.69, 9.17) is 14.6 Å². The third kappa shape index (κ3) is 3.12. The molecule has 1 aromatic heterocycles. The molecule has 0 atom stereocenters. The molecule has 0 spiro atoms. The van der Waals surface area contributed by atoms with Crippen molar-refractivity contribution in [2.75, 3.05) is 0 Å². The summed E-state index contributed by atoms with van der Waals surface area (Å²) in [4.78, 5) is 20.8. The maximum atomic E-state index is 10.6. The first-order chi connectivity index (χ1) is 7.00. The molecule has 1 aromatic rings. The van der Waals surface area contributed by atoms with E-state index in [-0.39, 0.29) is 12.2 Å². The molecule has 82 valence electrons. The fourth-order valence-electron chi connectivity index (χ4n) is 1.27. The first-order valence-corrected chi connectivity index (χ1v) is 4.55. The van der Waals surface area contributed by atoms with Crippen LogP contribution in [-0.4, -0.2) is 22.2 Å². The second kappa shape index (κ2) is 4.63. The molecular formula is C10H12O5. The highest BCUT2D eigenvalue weighted by Crippen LogP contribution is 2.16. The Kier molecular flexibility index (Phi) is 3.49. The van der Waals surface area contributed by atoms with Gasteiger partial charge in [0.25, 0.3) is 0 Å². The van der Waals surface area contributed by atoms with Crippen molar-refractivity contribution in [2.24, 2.45) is 0 Å². The molecule has 0 radical (unpaired) electrons. The number of aryl methyl sites for hydroxylation is 2. The SMILES string of the molecule is Cc1cc(C(=O)O)oc1CCCC(=O)O. The Morgan fingerprint density at radius 2 is 2.07 bits per heavy atom. The van der Waals surface area contributed by atoms with Crippen molar-refractivity contribution in [1.82, 2.24) is 0 Å². The molecular weight excluding hydrogens is 200 g/mol. The van der Waals surface area contributed by atoms with E-state index < -0.39 is 11.9 Å². The van der Waals surface area contributed by atoms with Crippen LogP contribution in [0.15, 0.2) is 10.5 Å². The zero-order chi connectivity index (χ0) is 11.4. The molecule has 0 aromatic carbocycles. The minimum absolute atomic E-state index is 0.0581. The second-order valence-corrected chi connectivity index (χ2v) is 3.27. The number of aromatic carboxylic acids is 1. The number of carboxylic acid groups (broad SMARTS) is 2. The highest BCUT2D eigenvalue weighted by molar-refractivity contribution is 5.84. The number of aliphatic carboxylic acids is 1. The fourth-order valence-corrected chi connectivity index (χ4v) is 1.27. The monoisotopic (exact) mass is 212 g/mol. The van der Waals surface area contributed by atoms with Crippen molar-refractivity contribution < 1.29 is 24.2 Å². The quantitative estimate of drug-likeness (QED) is 0.775. The van der Waals surface area contributed by atoms with Gasteiger partial charge in [-0.3, -0.25) is 4.79 Å². The molecule has 0 aliphatic carbocycles. The Morgan fingerprint density at radius 1 is 1.40 bits per heavy atom. The van der Waals surface area contributed by atoms with Crippen LogP contribution in [0.5, 0.6) is 0 Å². The Labute approximate surface area is 86.3 Å². The van der Waals surface area contributed by atoms with Crippen molar-refractivity contribution >= 4 is 11.9 Å². The van der Waals surface area contributed by atoms with Gasteiger partial charge in [-0.2, -0.15) is 0 Å². The summed E-state index contributed by atoms with van der Waals surface area (Å²) in [7, 11) is 0. The first-order valence-electron chi connectivity index (χ1n) is 4.55. The molecule has 0 unspecified atom stereocenters. The number of carbonyl (C=O) groups is 2. The lowest BCUT2D eigenvalue weighted by atomic mass is 10.1. The van der Waals surface area contributed by atoms with Crippen LogP contribution in [-0.2, 0) is 11.2 Å². The summed E-state index contributed by atoms with van der Waals surface area (Å²) in [6.07, 6.45) is 0.955. The molecule has 5 heteroatoms. The second-order valence-electron chi connectivity index (χ2n) is 3.27. The first kappa shape index (κ1) is 11.3. The molecule has 1 rings (SSSR count). The predicted octanol–water partition coefficient (Wildman–Crippen LogP) is 1.69. The van der Waals surface area contributed by atoms with Crippen LogP contribution in [0.1, 0.15) is 34.7 Å². The standard InChI is InChI=1S/C10H12O5/c1-6-5-8(10(13)14)15-7(6)3-2-4-9(11)12/h5H,2-4H2,1H3,(H,11,12)(H,13,14). The molecule has 0 bridgehead atoms. The van der Waals surface area contributed by atoms with Gasteiger partial charge in [0.05, 0.1) is 0 Å². The molecule has 15 heavy (non-hydrogen) atoms. The van der Waals surface area contributed by atoms with Crippen molar-refractivity contribution in [3.8, 4) is 0 Å². The maximum absolute atomic E-state index is 10.6. The van der Waals surface area contributed by atoms with E-state index in [1.165, 1.54) is 6.07 Å². The smallest absolute Gasteiger partial charge is 0.371 e. The van der Waals surface area contributed by atoms with Gasteiger partial charge in [0.2, 0.25) is 5.76 Å². The lowest BCUT2D eigenvalue weighted by Crippen LogP contribution is -1.96. The van der Waals surface area contributed by atoms with Crippen LogP contribution < -0.4 is 0 Å². The minimum atomic E-state index is -1.11. The summed E-state index contributed by atoms with van der Waals surface area (Å²) < 4.78 is 5.07. The van der Waals surface area contributed by atoms with Crippen LogP contribution in [0, 0.1) is 6.92 Å². The number of furan rings is 1. The summed E-state index contributed by atoms with van der Waals surface area (Å²) in [6, 6.07) is 1.44. The average Bonchev–Trinajstić information content (AvgIpc) is 2.47. The van der Waals surface area contributed by atoms with Crippen LogP contribution in [0.25, 0.3) is 0 Å². The topological polar surface area (TPSA) is 87.7 Å². The van der Waals surface area contributed by atoms with Gasteiger partial charge < -0.3 is 14.6 Å².